The fourth-order valence-corrected chi connectivity index (χ4v) is 2.64. The first-order valence-electron chi connectivity index (χ1n) is 8.11. The number of nitrogens with one attached hydrogen (secondary N) is 2. The van der Waals surface area contributed by atoms with Crippen LogP contribution in [-0.4, -0.2) is 25.1 Å². The summed E-state index contributed by atoms with van der Waals surface area (Å²) in [6, 6.07) is 15.9. The molecule has 0 atom stereocenters. The minimum Gasteiger partial charge on any atom is -0.497 e. The summed E-state index contributed by atoms with van der Waals surface area (Å²) in [5.41, 5.74) is 2.33. The average molecular weight is 384 g/mol. The molecule has 0 saturated carbocycles. The molecule has 0 aliphatic carbocycles. The molecule has 1 heterocycles. The largest absolute Gasteiger partial charge is 0.497 e. The molecule has 0 spiro atoms. The van der Waals surface area contributed by atoms with Gasteiger partial charge in [-0.05, 0) is 42.5 Å². The van der Waals surface area contributed by atoms with Crippen LogP contribution < -0.4 is 20.1 Å². The molecule has 3 aromatic rings. The fraction of sp³-hybridized carbons (Fsp3) is 0.100. The molecular weight excluding hydrogens is 366 g/mol. The highest BCUT2D eigenvalue weighted by molar-refractivity contribution is 6.30. The molecule has 0 unspecified atom stereocenters. The lowest BCUT2D eigenvalue weighted by Crippen LogP contribution is -2.14. The van der Waals surface area contributed by atoms with E-state index >= 15 is 0 Å². The second-order valence-electron chi connectivity index (χ2n) is 5.59. The van der Waals surface area contributed by atoms with E-state index in [1.807, 2.05) is 12.1 Å². The summed E-state index contributed by atoms with van der Waals surface area (Å²) in [5, 5.41) is 6.62. The molecule has 27 heavy (non-hydrogen) atoms. The Kier molecular flexibility index (Phi) is 5.78. The molecule has 1 amide bonds. The number of carbonyl (C=O) groups is 1. The topological polar surface area (TPSA) is 72.5 Å². The molecule has 138 valence electrons. The number of nitrogens with zero attached hydrogens (tertiary/aromatic N) is 1. The summed E-state index contributed by atoms with van der Waals surface area (Å²) in [6.45, 7) is 0. The molecule has 2 aromatic carbocycles. The Bertz CT molecular complexity index is 963. The number of anilines is 3. The zero-order valence-corrected chi connectivity index (χ0v) is 15.6. The number of amides is 1. The number of ether oxygens (including phenoxy) is 2. The number of benzene rings is 2. The van der Waals surface area contributed by atoms with Crippen molar-refractivity contribution in [3.05, 3.63) is 71.5 Å². The van der Waals surface area contributed by atoms with Gasteiger partial charge < -0.3 is 20.1 Å². The van der Waals surface area contributed by atoms with Crippen LogP contribution in [0.4, 0.5) is 17.1 Å². The van der Waals surface area contributed by atoms with E-state index in [0.29, 0.717) is 22.2 Å². The van der Waals surface area contributed by atoms with Crippen LogP contribution in [0.2, 0.25) is 5.02 Å². The van der Waals surface area contributed by atoms with Crippen molar-refractivity contribution in [2.24, 2.45) is 0 Å². The highest BCUT2D eigenvalue weighted by atomic mass is 35.5. The first-order chi connectivity index (χ1) is 13.1. The van der Waals surface area contributed by atoms with Crippen LogP contribution in [0.25, 0.3) is 0 Å². The molecule has 0 radical (unpaired) electrons. The van der Waals surface area contributed by atoms with Crippen molar-refractivity contribution in [3.63, 3.8) is 0 Å². The number of aromatic nitrogens is 1. The molecule has 0 bridgehead atoms. The molecule has 0 fully saturated rings. The lowest BCUT2D eigenvalue weighted by Gasteiger charge is -2.12. The Morgan fingerprint density at radius 1 is 1.00 bits per heavy atom. The highest BCUT2D eigenvalue weighted by Gasteiger charge is 2.12. The third-order valence-corrected chi connectivity index (χ3v) is 4.00. The van der Waals surface area contributed by atoms with E-state index in [2.05, 4.69) is 15.6 Å². The minimum atomic E-state index is -0.354. The Morgan fingerprint density at radius 2 is 1.81 bits per heavy atom. The van der Waals surface area contributed by atoms with Gasteiger partial charge in [0.15, 0.2) is 0 Å². The Labute approximate surface area is 162 Å². The lowest BCUT2D eigenvalue weighted by molar-refractivity contribution is 0.102. The van der Waals surface area contributed by atoms with Crippen LogP contribution in [0, 0.1) is 0 Å². The first kappa shape index (κ1) is 18.5. The highest BCUT2D eigenvalue weighted by Crippen LogP contribution is 2.29. The van der Waals surface area contributed by atoms with Crippen molar-refractivity contribution in [1.29, 1.82) is 0 Å². The standard InChI is InChI=1S/C20H18ClN3O3/c1-26-16-6-7-17(19(12-16)27-2)24-20(25)18-11-15(8-9-22-18)23-14-5-3-4-13(21)10-14/h3-12H,1-2H3,(H,22,23)(H,24,25). The van der Waals surface area contributed by atoms with Crippen LogP contribution in [0.3, 0.4) is 0 Å². The van der Waals surface area contributed by atoms with Crippen LogP contribution in [0.15, 0.2) is 60.8 Å². The van der Waals surface area contributed by atoms with Gasteiger partial charge in [0.2, 0.25) is 0 Å². The molecule has 0 aliphatic heterocycles. The maximum atomic E-state index is 12.6. The summed E-state index contributed by atoms with van der Waals surface area (Å²) >= 11 is 6.00. The first-order valence-corrected chi connectivity index (χ1v) is 8.49. The quantitative estimate of drug-likeness (QED) is 0.642. The van der Waals surface area contributed by atoms with Crippen molar-refractivity contribution in [3.8, 4) is 11.5 Å². The third kappa shape index (κ3) is 4.68. The number of halogens is 1. The van der Waals surface area contributed by atoms with E-state index in [1.165, 1.54) is 7.11 Å². The van der Waals surface area contributed by atoms with E-state index in [0.717, 1.165) is 11.4 Å². The van der Waals surface area contributed by atoms with E-state index in [4.69, 9.17) is 21.1 Å². The van der Waals surface area contributed by atoms with Crippen molar-refractivity contribution < 1.29 is 14.3 Å². The zero-order valence-electron chi connectivity index (χ0n) is 14.8. The summed E-state index contributed by atoms with van der Waals surface area (Å²) in [4.78, 5) is 16.7. The fourth-order valence-electron chi connectivity index (χ4n) is 2.45. The van der Waals surface area contributed by atoms with E-state index in [9.17, 15) is 4.79 Å². The molecule has 7 heteroatoms. The normalized spacial score (nSPS) is 10.2. The predicted molar refractivity (Wildman–Crippen MR) is 106 cm³/mol. The van der Waals surface area contributed by atoms with Gasteiger partial charge in [0.05, 0.1) is 19.9 Å². The van der Waals surface area contributed by atoms with E-state index in [1.54, 1.807) is 55.8 Å². The Hall–Kier alpha value is -3.25. The number of hydrogen-bond acceptors (Lipinski definition) is 5. The summed E-state index contributed by atoms with van der Waals surface area (Å²) in [7, 11) is 3.09. The van der Waals surface area contributed by atoms with Gasteiger partial charge in [-0.1, -0.05) is 17.7 Å². The molecular formula is C20H18ClN3O3. The van der Waals surface area contributed by atoms with Crippen molar-refractivity contribution in [2.75, 3.05) is 24.9 Å². The van der Waals surface area contributed by atoms with Crippen molar-refractivity contribution in [2.45, 2.75) is 0 Å². The van der Waals surface area contributed by atoms with Gasteiger partial charge in [-0.3, -0.25) is 9.78 Å². The Balaban J connectivity index is 1.77. The Morgan fingerprint density at radius 3 is 2.56 bits per heavy atom. The van der Waals surface area contributed by atoms with Gasteiger partial charge in [0.1, 0.15) is 17.2 Å². The molecule has 0 aliphatic rings. The maximum absolute atomic E-state index is 12.6. The lowest BCUT2D eigenvalue weighted by atomic mass is 10.2. The SMILES string of the molecule is COc1ccc(NC(=O)c2cc(Nc3cccc(Cl)c3)ccn2)c(OC)c1. The molecule has 6 nitrogen and oxygen atoms in total. The van der Waals surface area contributed by atoms with Crippen LogP contribution in [0.1, 0.15) is 10.5 Å². The predicted octanol–water partition coefficient (Wildman–Crippen LogP) is 4.75. The number of pyridine rings is 1. The van der Waals surface area contributed by atoms with Crippen LogP contribution in [-0.2, 0) is 0 Å². The second kappa shape index (κ2) is 8.42. The van der Waals surface area contributed by atoms with E-state index < -0.39 is 0 Å². The number of hydrogen-bond donors (Lipinski definition) is 2. The van der Waals surface area contributed by atoms with Gasteiger partial charge in [-0.15, -0.1) is 0 Å². The zero-order chi connectivity index (χ0) is 19.2. The van der Waals surface area contributed by atoms with Crippen LogP contribution >= 0.6 is 11.6 Å². The molecule has 0 saturated heterocycles. The maximum Gasteiger partial charge on any atom is 0.274 e. The summed E-state index contributed by atoms with van der Waals surface area (Å²) in [5.74, 6) is 0.778. The molecule has 1 aromatic heterocycles. The smallest absolute Gasteiger partial charge is 0.274 e. The summed E-state index contributed by atoms with van der Waals surface area (Å²) in [6.07, 6.45) is 1.56. The van der Waals surface area contributed by atoms with Gasteiger partial charge in [-0.2, -0.15) is 0 Å². The molecule has 2 N–H and O–H groups in total. The minimum absolute atomic E-state index is 0.264. The third-order valence-electron chi connectivity index (χ3n) is 3.76. The summed E-state index contributed by atoms with van der Waals surface area (Å²) < 4.78 is 10.5. The van der Waals surface area contributed by atoms with Crippen molar-refractivity contribution >= 4 is 34.6 Å². The van der Waals surface area contributed by atoms with Gasteiger partial charge >= 0.3 is 0 Å². The number of carbonyl (C=O) groups excluding carboxylic acids is 1. The number of rotatable bonds is 6. The van der Waals surface area contributed by atoms with Gasteiger partial charge in [0.25, 0.3) is 5.91 Å². The monoisotopic (exact) mass is 383 g/mol. The molecule has 3 rings (SSSR count). The average Bonchev–Trinajstić information content (AvgIpc) is 2.68. The van der Waals surface area contributed by atoms with E-state index in [-0.39, 0.29) is 11.6 Å². The van der Waals surface area contributed by atoms with Crippen LogP contribution in [0.5, 0.6) is 11.5 Å². The van der Waals surface area contributed by atoms with Gasteiger partial charge in [0, 0.05) is 28.7 Å². The van der Waals surface area contributed by atoms with Gasteiger partial charge in [-0.25, -0.2) is 0 Å². The number of methoxy groups -OCH3 is 2. The van der Waals surface area contributed by atoms with Crippen molar-refractivity contribution in [1.82, 2.24) is 4.98 Å². The second-order valence-corrected chi connectivity index (χ2v) is 6.02.